The Balaban J connectivity index is 1.59. The van der Waals surface area contributed by atoms with Gasteiger partial charge >= 0.3 is 0 Å². The second kappa shape index (κ2) is 10.7. The molecule has 0 unspecified atom stereocenters. The summed E-state index contributed by atoms with van der Waals surface area (Å²) in [5.74, 6) is -0.829. The van der Waals surface area contributed by atoms with Crippen LogP contribution in [0.25, 0.3) is 6.08 Å². The SMILES string of the molecule is Cc1cccc(NC(=O)/C(C#N)=C\c2ccc(OCC(=O)Nc3ccc(F)cc3)cc2)c1C. The van der Waals surface area contributed by atoms with Crippen LogP contribution in [-0.2, 0) is 9.59 Å². The number of halogens is 1. The fraction of sp³-hybridized carbons (Fsp3) is 0.115. The molecule has 0 aromatic heterocycles. The van der Waals surface area contributed by atoms with Crippen LogP contribution in [0.2, 0.25) is 0 Å². The first-order valence-corrected chi connectivity index (χ1v) is 10.1. The number of nitrogens with one attached hydrogen (secondary N) is 2. The third kappa shape index (κ3) is 6.52. The second-order valence-corrected chi connectivity index (χ2v) is 7.28. The molecule has 0 heterocycles. The first-order chi connectivity index (χ1) is 15.9. The fourth-order valence-electron chi connectivity index (χ4n) is 2.93. The first kappa shape index (κ1) is 23.2. The van der Waals surface area contributed by atoms with Gasteiger partial charge in [0, 0.05) is 11.4 Å². The minimum atomic E-state index is -0.496. The molecule has 0 saturated carbocycles. The molecule has 0 aliphatic heterocycles. The smallest absolute Gasteiger partial charge is 0.266 e. The van der Waals surface area contributed by atoms with Gasteiger partial charge in [0.2, 0.25) is 0 Å². The lowest BCUT2D eigenvalue weighted by atomic mass is 10.1. The van der Waals surface area contributed by atoms with E-state index in [1.807, 2.05) is 32.0 Å². The largest absolute Gasteiger partial charge is 0.484 e. The van der Waals surface area contributed by atoms with Gasteiger partial charge in [-0.3, -0.25) is 9.59 Å². The number of nitrogens with zero attached hydrogens (tertiary/aromatic N) is 1. The molecule has 0 spiro atoms. The molecule has 0 fully saturated rings. The van der Waals surface area contributed by atoms with Crippen molar-refractivity contribution >= 4 is 29.3 Å². The fourth-order valence-corrected chi connectivity index (χ4v) is 2.93. The Hall–Kier alpha value is -4.44. The van der Waals surface area contributed by atoms with Crippen LogP contribution in [0, 0.1) is 31.0 Å². The molecule has 2 amide bonds. The maximum atomic E-state index is 12.9. The van der Waals surface area contributed by atoms with Gasteiger partial charge in [0.05, 0.1) is 0 Å². The zero-order chi connectivity index (χ0) is 23.8. The van der Waals surface area contributed by atoms with Gasteiger partial charge < -0.3 is 15.4 Å². The Kier molecular flexibility index (Phi) is 7.55. The number of carbonyl (C=O) groups is 2. The molecule has 0 saturated heterocycles. The average Bonchev–Trinajstić information content (AvgIpc) is 2.81. The van der Waals surface area contributed by atoms with Crippen LogP contribution in [-0.4, -0.2) is 18.4 Å². The van der Waals surface area contributed by atoms with Crippen molar-refractivity contribution in [2.75, 3.05) is 17.2 Å². The number of hydrogen-bond donors (Lipinski definition) is 2. The lowest BCUT2D eigenvalue weighted by molar-refractivity contribution is -0.118. The number of rotatable bonds is 7. The highest BCUT2D eigenvalue weighted by Crippen LogP contribution is 2.20. The monoisotopic (exact) mass is 443 g/mol. The summed E-state index contributed by atoms with van der Waals surface area (Å²) in [4.78, 5) is 24.5. The highest BCUT2D eigenvalue weighted by atomic mass is 19.1. The zero-order valence-corrected chi connectivity index (χ0v) is 18.2. The third-order valence-corrected chi connectivity index (χ3v) is 4.91. The van der Waals surface area contributed by atoms with E-state index in [4.69, 9.17) is 4.74 Å². The van der Waals surface area contributed by atoms with E-state index in [2.05, 4.69) is 10.6 Å². The van der Waals surface area contributed by atoms with Gasteiger partial charge in [0.25, 0.3) is 11.8 Å². The normalized spacial score (nSPS) is 10.8. The number of benzene rings is 3. The summed E-state index contributed by atoms with van der Waals surface area (Å²) in [7, 11) is 0. The molecule has 33 heavy (non-hydrogen) atoms. The summed E-state index contributed by atoms with van der Waals surface area (Å²) in [5.41, 5.74) is 3.69. The summed E-state index contributed by atoms with van der Waals surface area (Å²) in [5, 5.41) is 14.8. The summed E-state index contributed by atoms with van der Waals surface area (Å²) in [6.45, 7) is 3.62. The standard InChI is InChI=1S/C26H22FN3O3/c1-17-4-3-5-24(18(17)2)30-26(32)20(15-28)14-19-6-12-23(13-7-19)33-16-25(31)29-22-10-8-21(27)9-11-22/h3-14H,16H2,1-2H3,(H,29,31)(H,30,32)/b20-14-. The molecule has 3 rings (SSSR count). The van der Waals surface area contributed by atoms with Crippen LogP contribution >= 0.6 is 0 Å². The van der Waals surface area contributed by atoms with Crippen LogP contribution in [0.4, 0.5) is 15.8 Å². The van der Waals surface area contributed by atoms with Gasteiger partial charge in [-0.2, -0.15) is 5.26 Å². The van der Waals surface area contributed by atoms with E-state index in [0.29, 0.717) is 22.7 Å². The maximum Gasteiger partial charge on any atom is 0.266 e. The topological polar surface area (TPSA) is 91.2 Å². The van der Waals surface area contributed by atoms with Crippen molar-refractivity contribution in [2.24, 2.45) is 0 Å². The number of hydrogen-bond acceptors (Lipinski definition) is 4. The van der Waals surface area contributed by atoms with Gasteiger partial charge in [-0.15, -0.1) is 0 Å². The van der Waals surface area contributed by atoms with Crippen molar-refractivity contribution in [3.8, 4) is 11.8 Å². The van der Waals surface area contributed by atoms with Crippen molar-refractivity contribution in [1.29, 1.82) is 5.26 Å². The minimum absolute atomic E-state index is 0.0387. The molecule has 0 bridgehead atoms. The molecule has 0 atom stereocenters. The number of amides is 2. The Morgan fingerprint density at radius 3 is 2.36 bits per heavy atom. The van der Waals surface area contributed by atoms with Crippen LogP contribution in [0.3, 0.4) is 0 Å². The first-order valence-electron chi connectivity index (χ1n) is 10.1. The number of carbonyl (C=O) groups excluding carboxylic acids is 2. The lowest BCUT2D eigenvalue weighted by Gasteiger charge is -2.10. The summed E-state index contributed by atoms with van der Waals surface area (Å²) >= 11 is 0. The highest BCUT2D eigenvalue weighted by molar-refractivity contribution is 6.10. The van der Waals surface area contributed by atoms with E-state index in [9.17, 15) is 19.2 Å². The molecule has 0 radical (unpaired) electrons. The van der Waals surface area contributed by atoms with Crippen LogP contribution in [0.1, 0.15) is 16.7 Å². The Morgan fingerprint density at radius 1 is 1.00 bits per heavy atom. The Morgan fingerprint density at radius 2 is 1.70 bits per heavy atom. The molecule has 3 aromatic rings. The number of anilines is 2. The van der Waals surface area contributed by atoms with E-state index in [0.717, 1.165) is 11.1 Å². The number of aryl methyl sites for hydroxylation is 1. The number of ether oxygens (including phenoxy) is 1. The summed E-state index contributed by atoms with van der Waals surface area (Å²) < 4.78 is 18.4. The van der Waals surface area contributed by atoms with Crippen molar-refractivity contribution in [3.63, 3.8) is 0 Å². The summed E-state index contributed by atoms with van der Waals surface area (Å²) in [6.07, 6.45) is 1.48. The Labute approximate surface area is 191 Å². The molecule has 166 valence electrons. The molecule has 3 aromatic carbocycles. The molecule has 0 aliphatic carbocycles. The zero-order valence-electron chi connectivity index (χ0n) is 18.2. The van der Waals surface area contributed by atoms with Gasteiger partial charge in [-0.05, 0) is 79.1 Å². The average molecular weight is 443 g/mol. The highest BCUT2D eigenvalue weighted by Gasteiger charge is 2.12. The van der Waals surface area contributed by atoms with E-state index >= 15 is 0 Å². The van der Waals surface area contributed by atoms with Crippen LogP contribution < -0.4 is 15.4 Å². The van der Waals surface area contributed by atoms with E-state index in [1.165, 1.54) is 30.3 Å². The second-order valence-electron chi connectivity index (χ2n) is 7.28. The van der Waals surface area contributed by atoms with Crippen molar-refractivity contribution < 1.29 is 18.7 Å². The molecular formula is C26H22FN3O3. The predicted molar refractivity (Wildman–Crippen MR) is 125 cm³/mol. The molecular weight excluding hydrogens is 421 g/mol. The minimum Gasteiger partial charge on any atom is -0.484 e. The van der Waals surface area contributed by atoms with Crippen LogP contribution in [0.5, 0.6) is 5.75 Å². The quantitative estimate of drug-likeness (QED) is 0.397. The van der Waals surface area contributed by atoms with Crippen molar-refractivity contribution in [1.82, 2.24) is 0 Å². The predicted octanol–water partition coefficient (Wildman–Crippen LogP) is 5.01. The molecule has 2 N–H and O–H groups in total. The van der Waals surface area contributed by atoms with E-state index < -0.39 is 5.91 Å². The van der Waals surface area contributed by atoms with Crippen molar-refractivity contribution in [3.05, 3.63) is 94.8 Å². The van der Waals surface area contributed by atoms with Crippen LogP contribution in [0.15, 0.2) is 72.3 Å². The van der Waals surface area contributed by atoms with Gasteiger partial charge in [-0.25, -0.2) is 4.39 Å². The Bertz CT molecular complexity index is 1230. The summed E-state index contributed by atoms with van der Waals surface area (Å²) in [6, 6.07) is 19.5. The lowest BCUT2D eigenvalue weighted by Crippen LogP contribution is -2.20. The molecule has 0 aliphatic rings. The van der Waals surface area contributed by atoms with E-state index in [1.54, 1.807) is 30.3 Å². The molecule has 7 heteroatoms. The third-order valence-electron chi connectivity index (χ3n) is 4.91. The molecule has 6 nitrogen and oxygen atoms in total. The van der Waals surface area contributed by atoms with Crippen molar-refractivity contribution in [2.45, 2.75) is 13.8 Å². The van der Waals surface area contributed by atoms with Gasteiger partial charge in [0.15, 0.2) is 6.61 Å². The van der Waals surface area contributed by atoms with E-state index in [-0.39, 0.29) is 23.9 Å². The number of nitriles is 1. The maximum absolute atomic E-state index is 12.9. The van der Waals surface area contributed by atoms with Gasteiger partial charge in [0.1, 0.15) is 23.2 Å². The van der Waals surface area contributed by atoms with Gasteiger partial charge in [-0.1, -0.05) is 24.3 Å².